The molecule has 12 radical (unpaired) electrons. The van der Waals surface area contributed by atoms with Crippen molar-refractivity contribution in [3.8, 4) is 0 Å². The molecule has 0 bridgehead atoms. The Bertz CT molecular complexity index is 5.09. The van der Waals surface area contributed by atoms with Crippen LogP contribution < -0.4 is 0 Å². The normalized spacial score (nSPS) is 0. The molecule has 0 N–H and O–H groups in total. The first-order valence-corrected chi connectivity index (χ1v) is 0. The van der Waals surface area contributed by atoms with Gasteiger partial charge in [0.25, 0.3) is 0 Å². The van der Waals surface area contributed by atoms with Crippen molar-refractivity contribution in [3.05, 3.63) is 7.43 Å². The van der Waals surface area contributed by atoms with Gasteiger partial charge >= 0.3 is 0 Å². The van der Waals surface area contributed by atoms with Gasteiger partial charge in [-0.15, -0.1) is 0 Å². The predicted molar refractivity (Wildman–Crippen MR) is 6.41 cm³/mol. The molecule has 0 unspecified atom stereocenters. The average molecular weight is 626 g/mol. The molecule has 13 heavy (non-hydrogen) atoms. The maximum Gasteiger partial charge on any atom is 0 e. The zero-order valence-corrected chi connectivity index (χ0v) is 23.1. The molecule has 68 valence electrons. The van der Waals surface area contributed by atoms with E-state index >= 15 is 0 Å². The summed E-state index contributed by atoms with van der Waals surface area (Å²) in [4.78, 5) is 0. The van der Waals surface area contributed by atoms with E-state index in [9.17, 15) is 0 Å². The Morgan fingerprint density at radius 2 is 0.154 bits per heavy atom. The van der Waals surface area contributed by atoms with Crippen LogP contribution in [0.3, 0.4) is 0 Å². The van der Waals surface area contributed by atoms with Gasteiger partial charge in [-0.05, 0) is 0 Å². The molecular weight excluding hydrogens is 623 g/mol. The molecule has 12 heteroatoms. The second kappa shape index (κ2) is 125. The van der Waals surface area contributed by atoms with Crippen LogP contribution in [0.25, 0.3) is 0 Å². The second-order valence-electron chi connectivity index (χ2n) is 0. The fourth-order valence-electron chi connectivity index (χ4n) is 0. The van der Waals surface area contributed by atoms with Crippen LogP contribution in [0.2, 0.25) is 0 Å². The predicted octanol–water partition coefficient (Wildman–Crippen LogP) is 0.420. The third kappa shape index (κ3) is 112. The maximum absolute atomic E-state index is 0. The van der Waals surface area contributed by atoms with Crippen molar-refractivity contribution in [1.29, 1.82) is 0 Å². The molecular formula is CH3V12-. The van der Waals surface area contributed by atoms with Crippen LogP contribution in [-0.2, 0) is 223 Å². The molecule has 0 saturated heterocycles. The first-order chi connectivity index (χ1) is 0. The van der Waals surface area contributed by atoms with Crippen molar-refractivity contribution in [3.63, 3.8) is 0 Å². The fourth-order valence-corrected chi connectivity index (χ4v) is 0. The Morgan fingerprint density at radius 3 is 0.154 bits per heavy atom. The molecule has 0 amide bonds. The van der Waals surface area contributed by atoms with Crippen molar-refractivity contribution < 1.29 is 223 Å². The zero-order chi connectivity index (χ0) is 0. The molecule has 0 nitrogen and oxygen atoms in total. The summed E-state index contributed by atoms with van der Waals surface area (Å²) in [7, 11) is 0. The largest absolute Gasteiger partial charge is 0.358 e. The van der Waals surface area contributed by atoms with E-state index in [1.165, 1.54) is 0 Å². The van der Waals surface area contributed by atoms with E-state index < -0.39 is 0 Å². The summed E-state index contributed by atoms with van der Waals surface area (Å²) in [5, 5.41) is 0. The molecule has 0 aromatic rings. The Kier molecular flexibility index (Phi) is 1420. The fraction of sp³-hybridized carbons (Fsp3) is 0. The topological polar surface area (TPSA) is 0 Å². The first-order valence-electron chi connectivity index (χ1n) is 0. The van der Waals surface area contributed by atoms with Crippen molar-refractivity contribution in [2.45, 2.75) is 0 Å². The van der Waals surface area contributed by atoms with Gasteiger partial charge in [0.1, 0.15) is 0 Å². The van der Waals surface area contributed by atoms with Crippen molar-refractivity contribution in [2.24, 2.45) is 0 Å². The Labute approximate surface area is 225 Å². The van der Waals surface area contributed by atoms with Gasteiger partial charge in [0, 0.05) is 223 Å². The van der Waals surface area contributed by atoms with Crippen LogP contribution in [0.1, 0.15) is 0 Å². The van der Waals surface area contributed by atoms with Gasteiger partial charge in [0.2, 0.25) is 0 Å². The van der Waals surface area contributed by atoms with Gasteiger partial charge in [0.05, 0.1) is 0 Å². The summed E-state index contributed by atoms with van der Waals surface area (Å²) >= 11 is 0. The number of hydrogen-bond donors (Lipinski definition) is 0. The summed E-state index contributed by atoms with van der Waals surface area (Å²) in [6, 6.07) is 0. The SMILES string of the molecule is [CH3-].[V].[V].[V].[V].[V].[V].[V].[V].[V].[V].[V].[V]. The molecule has 0 fully saturated rings. The van der Waals surface area contributed by atoms with Gasteiger partial charge in [-0.2, -0.15) is 0 Å². The molecule has 0 rings (SSSR count). The average Bonchev–Trinajstić information content (AvgIpc) is 0. The van der Waals surface area contributed by atoms with E-state index in [4.69, 9.17) is 0 Å². The van der Waals surface area contributed by atoms with E-state index in [-0.39, 0.29) is 230 Å². The second-order valence-corrected chi connectivity index (χ2v) is 0. The van der Waals surface area contributed by atoms with Crippen LogP contribution >= 0.6 is 0 Å². The number of rotatable bonds is 0. The first kappa shape index (κ1) is 147. The number of hydrogen-bond acceptors (Lipinski definition) is 0. The van der Waals surface area contributed by atoms with Crippen LogP contribution in [0.4, 0.5) is 0 Å². The summed E-state index contributed by atoms with van der Waals surface area (Å²) in [5.41, 5.74) is 0. The summed E-state index contributed by atoms with van der Waals surface area (Å²) in [6.07, 6.45) is 0. The van der Waals surface area contributed by atoms with Gasteiger partial charge in [-0.1, -0.05) is 0 Å². The Morgan fingerprint density at radius 1 is 0.154 bits per heavy atom. The summed E-state index contributed by atoms with van der Waals surface area (Å²) in [5.74, 6) is 0. The molecule has 0 atom stereocenters. The molecule has 0 saturated carbocycles. The molecule has 0 aliphatic carbocycles. The Balaban J connectivity index is 0. The van der Waals surface area contributed by atoms with Crippen LogP contribution in [-0.4, -0.2) is 0 Å². The van der Waals surface area contributed by atoms with Crippen LogP contribution in [0.15, 0.2) is 0 Å². The van der Waals surface area contributed by atoms with Crippen molar-refractivity contribution >= 4 is 0 Å². The van der Waals surface area contributed by atoms with E-state index in [2.05, 4.69) is 0 Å². The van der Waals surface area contributed by atoms with Gasteiger partial charge in [0.15, 0.2) is 0 Å². The molecule has 0 aliphatic heterocycles. The van der Waals surface area contributed by atoms with Gasteiger partial charge < -0.3 is 7.43 Å². The van der Waals surface area contributed by atoms with E-state index in [0.717, 1.165) is 0 Å². The Hall–Kier alpha value is 7.01. The molecule has 0 aromatic carbocycles. The quantitative estimate of drug-likeness (QED) is 0.343. The van der Waals surface area contributed by atoms with Crippen LogP contribution in [0, 0.1) is 7.43 Å². The van der Waals surface area contributed by atoms with Gasteiger partial charge in [-0.3, -0.25) is 0 Å². The summed E-state index contributed by atoms with van der Waals surface area (Å²) in [6.45, 7) is 0. The third-order valence-corrected chi connectivity index (χ3v) is 0. The third-order valence-electron chi connectivity index (χ3n) is 0. The minimum atomic E-state index is 0. The molecule has 0 aliphatic rings. The summed E-state index contributed by atoms with van der Waals surface area (Å²) < 4.78 is 0. The maximum atomic E-state index is 0. The minimum absolute atomic E-state index is 0. The van der Waals surface area contributed by atoms with Crippen molar-refractivity contribution in [2.75, 3.05) is 0 Å². The smallest absolute Gasteiger partial charge is 0 e. The van der Waals surface area contributed by atoms with Crippen molar-refractivity contribution in [1.82, 2.24) is 0 Å². The van der Waals surface area contributed by atoms with E-state index in [1.54, 1.807) is 0 Å². The van der Waals surface area contributed by atoms with Gasteiger partial charge in [-0.25, -0.2) is 0 Å². The molecule has 0 heterocycles. The molecule has 0 spiro atoms. The minimum Gasteiger partial charge on any atom is -0.358 e. The zero-order valence-electron chi connectivity index (χ0n) is 6.37. The standard InChI is InChI=1S/CH3.12V/h1H3;;;;;;;;;;;;/q-1;;;;;;;;;;;;. The van der Waals surface area contributed by atoms with Crippen LogP contribution in [0.5, 0.6) is 0 Å². The van der Waals surface area contributed by atoms with E-state index in [1.807, 2.05) is 0 Å². The van der Waals surface area contributed by atoms with E-state index in [0.29, 0.717) is 0 Å². The monoisotopic (exact) mass is 626 g/mol. The molecule has 0 aromatic heterocycles.